The quantitative estimate of drug-likeness (QED) is 0.647. The average molecular weight is 450 g/mol. The molecule has 1 amide bonds. The number of nitrogens with zero attached hydrogens (tertiary/aromatic N) is 2. The summed E-state index contributed by atoms with van der Waals surface area (Å²) in [7, 11) is -2.63. The molecule has 30 heavy (non-hydrogen) atoms. The molecule has 2 aromatic rings. The first-order valence-corrected chi connectivity index (χ1v) is 11.5. The van der Waals surface area contributed by atoms with Crippen LogP contribution in [0.2, 0.25) is 5.02 Å². The fourth-order valence-electron chi connectivity index (χ4n) is 3.26. The number of anilines is 1. The molecular formula is C21H24ClN3O4S. The van der Waals surface area contributed by atoms with Gasteiger partial charge in [-0.05, 0) is 56.0 Å². The summed E-state index contributed by atoms with van der Waals surface area (Å²) in [6.07, 6.45) is 4.93. The highest BCUT2D eigenvalue weighted by Gasteiger charge is 2.29. The standard InChI is InChI=1S/C21H24ClN3O4S/c1-29-20-13-12-16(22)14-19(20)25(30(27,28)18-10-6-3-7-11-18)15-21(26)24-23-17-8-4-2-5-9-17/h3,6-7,10-14H,2,4-5,8-9,15H2,1H3,(H,24,26). The molecule has 1 aliphatic carbocycles. The Morgan fingerprint density at radius 3 is 2.50 bits per heavy atom. The second-order valence-electron chi connectivity index (χ2n) is 6.91. The second kappa shape index (κ2) is 9.95. The van der Waals surface area contributed by atoms with E-state index in [9.17, 15) is 13.2 Å². The minimum absolute atomic E-state index is 0.0541. The van der Waals surface area contributed by atoms with E-state index in [1.807, 2.05) is 0 Å². The lowest BCUT2D eigenvalue weighted by atomic mass is 9.99. The van der Waals surface area contributed by atoms with Gasteiger partial charge in [0.2, 0.25) is 0 Å². The molecule has 160 valence electrons. The van der Waals surface area contributed by atoms with E-state index in [1.54, 1.807) is 30.3 Å². The lowest BCUT2D eigenvalue weighted by molar-refractivity contribution is -0.119. The number of methoxy groups -OCH3 is 1. The molecular weight excluding hydrogens is 426 g/mol. The second-order valence-corrected chi connectivity index (χ2v) is 9.21. The van der Waals surface area contributed by atoms with Crippen LogP contribution in [0.25, 0.3) is 0 Å². The summed E-state index contributed by atoms with van der Waals surface area (Å²) in [5, 5.41) is 4.50. The van der Waals surface area contributed by atoms with Gasteiger partial charge in [-0.2, -0.15) is 5.10 Å². The minimum atomic E-state index is -4.06. The Kier molecular flexibility index (Phi) is 7.33. The first kappa shape index (κ1) is 22.1. The number of nitrogens with one attached hydrogen (secondary N) is 1. The summed E-state index contributed by atoms with van der Waals surface area (Å²) in [5.41, 5.74) is 3.60. The van der Waals surface area contributed by atoms with Gasteiger partial charge in [-0.15, -0.1) is 0 Å². The summed E-state index contributed by atoms with van der Waals surface area (Å²) in [6, 6.07) is 12.5. The van der Waals surface area contributed by atoms with Crippen LogP contribution in [-0.2, 0) is 14.8 Å². The topological polar surface area (TPSA) is 88.1 Å². The Hall–Kier alpha value is -2.58. The maximum atomic E-state index is 13.4. The van der Waals surface area contributed by atoms with Crippen LogP contribution in [0.15, 0.2) is 58.5 Å². The molecule has 0 bridgehead atoms. The van der Waals surface area contributed by atoms with Crippen LogP contribution in [0.5, 0.6) is 5.75 Å². The van der Waals surface area contributed by atoms with Crippen molar-refractivity contribution in [3.05, 3.63) is 53.6 Å². The molecule has 3 rings (SSSR count). The van der Waals surface area contributed by atoms with Crippen molar-refractivity contribution in [3.8, 4) is 5.75 Å². The smallest absolute Gasteiger partial charge is 0.264 e. The van der Waals surface area contributed by atoms with Gasteiger partial charge in [-0.25, -0.2) is 13.8 Å². The molecule has 0 atom stereocenters. The highest BCUT2D eigenvalue weighted by Crippen LogP contribution is 2.34. The zero-order valence-corrected chi connectivity index (χ0v) is 18.2. The van der Waals surface area contributed by atoms with E-state index in [0.29, 0.717) is 5.02 Å². The molecule has 7 nitrogen and oxygen atoms in total. The number of sulfonamides is 1. The fraction of sp³-hybridized carbons (Fsp3) is 0.333. The van der Waals surface area contributed by atoms with Gasteiger partial charge in [0.25, 0.3) is 15.9 Å². The predicted molar refractivity (Wildman–Crippen MR) is 118 cm³/mol. The number of hydrazone groups is 1. The number of rotatable bonds is 7. The molecule has 0 unspecified atom stereocenters. The van der Waals surface area contributed by atoms with Gasteiger partial charge in [-0.3, -0.25) is 9.10 Å². The summed E-state index contributed by atoms with van der Waals surface area (Å²) in [6.45, 7) is -0.468. The fourth-order valence-corrected chi connectivity index (χ4v) is 4.87. The number of hydrogen-bond acceptors (Lipinski definition) is 5. The maximum Gasteiger partial charge on any atom is 0.264 e. The third-order valence-electron chi connectivity index (χ3n) is 4.80. The summed E-state index contributed by atoms with van der Waals surface area (Å²) in [5.74, 6) is -0.264. The largest absolute Gasteiger partial charge is 0.495 e. The van der Waals surface area contributed by atoms with E-state index >= 15 is 0 Å². The van der Waals surface area contributed by atoms with Crippen LogP contribution < -0.4 is 14.5 Å². The molecule has 0 aliphatic heterocycles. The average Bonchev–Trinajstić information content (AvgIpc) is 2.77. The van der Waals surface area contributed by atoms with E-state index in [4.69, 9.17) is 16.3 Å². The van der Waals surface area contributed by atoms with E-state index < -0.39 is 22.5 Å². The van der Waals surface area contributed by atoms with Crippen LogP contribution in [0.4, 0.5) is 5.69 Å². The molecule has 0 saturated heterocycles. The monoisotopic (exact) mass is 449 g/mol. The lowest BCUT2D eigenvalue weighted by Crippen LogP contribution is -2.40. The lowest BCUT2D eigenvalue weighted by Gasteiger charge is -2.25. The minimum Gasteiger partial charge on any atom is -0.495 e. The van der Waals surface area contributed by atoms with Crippen molar-refractivity contribution in [1.82, 2.24) is 5.43 Å². The van der Waals surface area contributed by atoms with Crippen molar-refractivity contribution in [2.45, 2.75) is 37.0 Å². The summed E-state index contributed by atoms with van der Waals surface area (Å²) < 4.78 is 33.0. The van der Waals surface area contributed by atoms with E-state index in [0.717, 1.165) is 42.1 Å². The highest BCUT2D eigenvalue weighted by atomic mass is 35.5. The summed E-state index contributed by atoms with van der Waals surface area (Å²) in [4.78, 5) is 12.7. The molecule has 2 aromatic carbocycles. The van der Waals surface area contributed by atoms with Crippen molar-refractivity contribution in [1.29, 1.82) is 0 Å². The highest BCUT2D eigenvalue weighted by molar-refractivity contribution is 7.92. The Morgan fingerprint density at radius 1 is 1.13 bits per heavy atom. The Balaban J connectivity index is 1.94. The number of halogens is 1. The Bertz CT molecular complexity index is 1020. The third kappa shape index (κ3) is 5.31. The van der Waals surface area contributed by atoms with Crippen molar-refractivity contribution < 1.29 is 17.9 Å². The molecule has 0 heterocycles. The van der Waals surface area contributed by atoms with Crippen molar-refractivity contribution in [2.24, 2.45) is 5.10 Å². The number of carbonyl (C=O) groups excluding carboxylic acids is 1. The third-order valence-corrected chi connectivity index (χ3v) is 6.81. The van der Waals surface area contributed by atoms with Crippen molar-refractivity contribution >= 4 is 38.9 Å². The van der Waals surface area contributed by atoms with Gasteiger partial charge >= 0.3 is 0 Å². The molecule has 0 radical (unpaired) electrons. The van der Waals surface area contributed by atoms with E-state index in [1.165, 1.54) is 25.3 Å². The van der Waals surface area contributed by atoms with E-state index in [2.05, 4.69) is 10.5 Å². The molecule has 1 N–H and O–H groups in total. The first-order valence-electron chi connectivity index (χ1n) is 9.67. The zero-order valence-electron chi connectivity index (χ0n) is 16.7. The van der Waals surface area contributed by atoms with Crippen molar-refractivity contribution in [3.63, 3.8) is 0 Å². The van der Waals surface area contributed by atoms with Gasteiger partial charge in [-0.1, -0.05) is 36.2 Å². The number of hydrogen-bond donors (Lipinski definition) is 1. The number of amides is 1. The first-order chi connectivity index (χ1) is 14.4. The number of benzene rings is 2. The van der Waals surface area contributed by atoms with Crippen LogP contribution in [0, 0.1) is 0 Å². The zero-order chi connectivity index (χ0) is 21.6. The van der Waals surface area contributed by atoms with Gasteiger partial charge in [0.15, 0.2) is 0 Å². The molecule has 1 fully saturated rings. The van der Waals surface area contributed by atoms with Gasteiger partial charge in [0.05, 0.1) is 17.7 Å². The SMILES string of the molecule is COc1ccc(Cl)cc1N(CC(=O)NN=C1CCCCC1)S(=O)(=O)c1ccccc1. The van der Waals surface area contributed by atoms with Crippen molar-refractivity contribution in [2.75, 3.05) is 18.0 Å². The van der Waals surface area contributed by atoms with Gasteiger partial charge in [0.1, 0.15) is 12.3 Å². The van der Waals surface area contributed by atoms with Crippen LogP contribution >= 0.6 is 11.6 Å². The van der Waals surface area contributed by atoms with Crippen LogP contribution in [0.3, 0.4) is 0 Å². The number of carbonyl (C=O) groups is 1. The van der Waals surface area contributed by atoms with Gasteiger partial charge < -0.3 is 4.74 Å². The van der Waals surface area contributed by atoms with Crippen LogP contribution in [0.1, 0.15) is 32.1 Å². The van der Waals surface area contributed by atoms with Crippen LogP contribution in [-0.4, -0.2) is 33.7 Å². The molecule has 9 heteroatoms. The molecule has 0 aromatic heterocycles. The van der Waals surface area contributed by atoms with Gasteiger partial charge in [0, 0.05) is 10.7 Å². The number of ether oxygens (including phenoxy) is 1. The normalized spacial score (nSPS) is 14.1. The molecule has 1 aliphatic rings. The Morgan fingerprint density at radius 2 is 1.83 bits per heavy atom. The Labute approximate surface area is 181 Å². The molecule has 1 saturated carbocycles. The predicted octanol–water partition coefficient (Wildman–Crippen LogP) is 3.98. The molecule has 0 spiro atoms. The summed E-state index contributed by atoms with van der Waals surface area (Å²) >= 11 is 6.11. The maximum absolute atomic E-state index is 13.4. The van der Waals surface area contributed by atoms with E-state index in [-0.39, 0.29) is 16.3 Å².